The quantitative estimate of drug-likeness (QED) is 0.656. The van der Waals surface area contributed by atoms with Crippen molar-refractivity contribution in [1.29, 1.82) is 0 Å². The number of ether oxygens (including phenoxy) is 2. The Morgan fingerprint density at radius 3 is 2.91 bits per heavy atom. The molecule has 3 saturated heterocycles. The van der Waals surface area contributed by atoms with E-state index < -0.39 is 5.82 Å². The monoisotopic (exact) mass is 483 g/mol. The largest absolute Gasteiger partial charge is 0.461 e. The van der Waals surface area contributed by atoms with Crippen LogP contribution in [0.25, 0.3) is 10.9 Å². The van der Waals surface area contributed by atoms with Crippen LogP contribution in [-0.2, 0) is 4.74 Å². The van der Waals surface area contributed by atoms with Crippen LogP contribution in [0, 0.1) is 30.0 Å². The maximum Gasteiger partial charge on any atom is 0.319 e. The first kappa shape index (κ1) is 21.9. The SMILES string of the molecule is Cc1ncc2c(N3CCOC[C@H]4C(C)[C@H]43)nc(OCC34C/C(=C\F)CN3CCC43CC3)nc2c1F. The molecule has 2 saturated carbocycles. The summed E-state index contributed by atoms with van der Waals surface area (Å²) in [7, 11) is 0. The third-order valence-electron chi connectivity index (χ3n) is 9.56. The fourth-order valence-electron chi connectivity index (χ4n) is 7.22. The van der Waals surface area contributed by atoms with Gasteiger partial charge in [-0.05, 0) is 56.1 Å². The molecule has 5 fully saturated rings. The summed E-state index contributed by atoms with van der Waals surface area (Å²) in [6.45, 7) is 7.88. The normalized spacial score (nSPS) is 34.3. The standard InChI is InChI=1S/C26H31F2N5O2/c1-15-19-13-34-8-7-33(22(15)19)23-18-11-29-16(2)20(28)21(18)30-24(31-23)35-14-26-9-17(10-27)12-32(26)6-5-25(26)3-4-25/h10-11,15,19,22H,3-9,12-14H2,1-2H3/b17-10+/t15?,19-,22+,26?/m0/s1. The van der Waals surface area contributed by atoms with Crippen molar-refractivity contribution in [2.45, 2.75) is 51.1 Å². The Morgan fingerprint density at radius 2 is 2.11 bits per heavy atom. The van der Waals surface area contributed by atoms with Gasteiger partial charge in [-0.15, -0.1) is 0 Å². The van der Waals surface area contributed by atoms with Crippen molar-refractivity contribution in [2.24, 2.45) is 17.3 Å². The molecule has 3 aliphatic heterocycles. The molecule has 35 heavy (non-hydrogen) atoms. The average molecular weight is 484 g/mol. The second-order valence-corrected chi connectivity index (χ2v) is 11.2. The van der Waals surface area contributed by atoms with Crippen LogP contribution in [0.5, 0.6) is 6.01 Å². The van der Waals surface area contributed by atoms with E-state index in [-0.39, 0.29) is 22.5 Å². The van der Waals surface area contributed by atoms with Crippen LogP contribution in [0.4, 0.5) is 14.6 Å². The molecule has 5 heterocycles. The Hall–Kier alpha value is -2.39. The van der Waals surface area contributed by atoms with Crippen LogP contribution in [-0.4, -0.2) is 70.9 Å². The van der Waals surface area contributed by atoms with Gasteiger partial charge in [0.05, 0.1) is 36.2 Å². The molecule has 0 bridgehead atoms. The molecule has 2 aromatic rings. The lowest BCUT2D eigenvalue weighted by molar-refractivity contribution is 0.0649. The summed E-state index contributed by atoms with van der Waals surface area (Å²) in [5.74, 6) is 1.16. The maximum absolute atomic E-state index is 15.3. The fourth-order valence-corrected chi connectivity index (χ4v) is 7.22. The highest BCUT2D eigenvalue weighted by Crippen LogP contribution is 2.66. The number of anilines is 1. The van der Waals surface area contributed by atoms with Gasteiger partial charge in [0.25, 0.3) is 0 Å². The molecule has 0 N–H and O–H groups in total. The van der Waals surface area contributed by atoms with Gasteiger partial charge in [-0.25, -0.2) is 8.78 Å². The van der Waals surface area contributed by atoms with Crippen LogP contribution in [0.3, 0.4) is 0 Å². The zero-order chi connectivity index (χ0) is 23.9. The van der Waals surface area contributed by atoms with Crippen LogP contribution >= 0.6 is 0 Å². The highest BCUT2D eigenvalue weighted by Gasteiger charge is 2.67. The summed E-state index contributed by atoms with van der Waals surface area (Å²) in [5.41, 5.74) is 1.32. The molecule has 2 unspecified atom stereocenters. The minimum absolute atomic E-state index is 0.182. The van der Waals surface area contributed by atoms with E-state index in [4.69, 9.17) is 14.5 Å². The summed E-state index contributed by atoms with van der Waals surface area (Å²) in [6.07, 6.45) is 6.52. The molecule has 0 aromatic carbocycles. The third-order valence-corrected chi connectivity index (χ3v) is 9.56. The van der Waals surface area contributed by atoms with Gasteiger partial charge < -0.3 is 14.4 Å². The first-order valence-electron chi connectivity index (χ1n) is 12.8. The van der Waals surface area contributed by atoms with Crippen molar-refractivity contribution in [2.75, 3.05) is 44.4 Å². The minimum Gasteiger partial charge on any atom is -0.461 e. The zero-order valence-corrected chi connectivity index (χ0v) is 20.3. The highest BCUT2D eigenvalue weighted by atomic mass is 19.1. The average Bonchev–Trinajstić information content (AvgIpc) is 3.73. The van der Waals surface area contributed by atoms with Gasteiger partial charge in [-0.3, -0.25) is 9.88 Å². The van der Waals surface area contributed by atoms with Crippen LogP contribution in [0.2, 0.25) is 0 Å². The van der Waals surface area contributed by atoms with E-state index in [2.05, 4.69) is 26.7 Å². The Balaban J connectivity index is 1.28. The van der Waals surface area contributed by atoms with Gasteiger partial charge in [-0.1, -0.05) is 6.92 Å². The lowest BCUT2D eigenvalue weighted by atomic mass is 9.80. The summed E-state index contributed by atoms with van der Waals surface area (Å²) >= 11 is 0. The predicted octanol–water partition coefficient (Wildman–Crippen LogP) is 3.80. The molecule has 2 aromatic heterocycles. The second kappa shape index (κ2) is 7.56. The van der Waals surface area contributed by atoms with Gasteiger partial charge in [0, 0.05) is 31.2 Å². The van der Waals surface area contributed by atoms with Crippen molar-refractivity contribution in [3.05, 3.63) is 29.6 Å². The van der Waals surface area contributed by atoms with E-state index in [1.165, 1.54) is 0 Å². The lowest BCUT2D eigenvalue weighted by Gasteiger charge is -2.37. The molecular weight excluding hydrogens is 452 g/mol. The van der Waals surface area contributed by atoms with Crippen LogP contribution in [0.15, 0.2) is 18.1 Å². The van der Waals surface area contributed by atoms with Gasteiger partial charge in [-0.2, -0.15) is 9.97 Å². The molecule has 9 heteroatoms. The second-order valence-electron chi connectivity index (χ2n) is 11.2. The van der Waals surface area contributed by atoms with E-state index in [1.807, 2.05) is 0 Å². The van der Waals surface area contributed by atoms with Gasteiger partial charge in [0.15, 0.2) is 5.82 Å². The first-order chi connectivity index (χ1) is 17.0. The van der Waals surface area contributed by atoms with Crippen molar-refractivity contribution < 1.29 is 18.3 Å². The van der Waals surface area contributed by atoms with Crippen molar-refractivity contribution in [1.82, 2.24) is 19.9 Å². The number of nitrogens with zero attached hydrogens (tertiary/aromatic N) is 5. The van der Waals surface area contributed by atoms with Crippen molar-refractivity contribution in [3.63, 3.8) is 0 Å². The van der Waals surface area contributed by atoms with E-state index >= 15 is 4.39 Å². The Kier molecular flexibility index (Phi) is 4.72. The first-order valence-corrected chi connectivity index (χ1v) is 12.8. The molecular formula is C26H31F2N5O2. The van der Waals surface area contributed by atoms with E-state index in [0.29, 0.717) is 67.5 Å². The molecule has 7 rings (SSSR count). The lowest BCUT2D eigenvalue weighted by Crippen LogP contribution is -2.49. The number of halogens is 2. The highest BCUT2D eigenvalue weighted by molar-refractivity contribution is 5.90. The molecule has 5 aliphatic rings. The molecule has 2 aliphatic carbocycles. The number of hydrogen-bond donors (Lipinski definition) is 0. The summed E-state index contributed by atoms with van der Waals surface area (Å²) in [5, 5.41) is 0.600. The van der Waals surface area contributed by atoms with Gasteiger partial charge in [0.2, 0.25) is 0 Å². The smallest absolute Gasteiger partial charge is 0.319 e. The third kappa shape index (κ3) is 3.10. The van der Waals surface area contributed by atoms with Gasteiger partial charge >= 0.3 is 6.01 Å². The number of rotatable bonds is 4. The molecule has 1 spiro atoms. The van der Waals surface area contributed by atoms with E-state index in [1.54, 1.807) is 13.1 Å². The molecule has 7 nitrogen and oxygen atoms in total. The number of fused-ring (bicyclic) bond motifs is 4. The van der Waals surface area contributed by atoms with E-state index in [0.717, 1.165) is 44.3 Å². The zero-order valence-electron chi connectivity index (χ0n) is 20.3. The molecule has 4 atom stereocenters. The van der Waals surface area contributed by atoms with Crippen molar-refractivity contribution >= 4 is 16.7 Å². The summed E-state index contributed by atoms with van der Waals surface area (Å²) in [4.78, 5) is 18.3. The minimum atomic E-state index is -0.440. The number of aryl methyl sites for hydroxylation is 1. The number of pyridine rings is 1. The summed E-state index contributed by atoms with van der Waals surface area (Å²) in [6, 6.07) is 0.486. The molecule has 186 valence electrons. The topological polar surface area (TPSA) is 63.6 Å². The number of hydrogen-bond acceptors (Lipinski definition) is 7. The summed E-state index contributed by atoms with van der Waals surface area (Å²) < 4.78 is 40.9. The number of aromatic nitrogens is 3. The van der Waals surface area contributed by atoms with Crippen LogP contribution < -0.4 is 9.64 Å². The Bertz CT molecular complexity index is 1230. The fraction of sp³-hybridized carbons (Fsp3) is 0.654. The van der Waals surface area contributed by atoms with Crippen LogP contribution in [0.1, 0.15) is 38.3 Å². The van der Waals surface area contributed by atoms with Crippen molar-refractivity contribution in [3.8, 4) is 6.01 Å². The molecule has 0 amide bonds. The maximum atomic E-state index is 15.3. The molecule has 0 radical (unpaired) electrons. The predicted molar refractivity (Wildman–Crippen MR) is 127 cm³/mol. The van der Waals surface area contributed by atoms with E-state index in [9.17, 15) is 4.39 Å². The Labute approximate surface area is 203 Å². The van der Waals surface area contributed by atoms with Gasteiger partial charge in [0.1, 0.15) is 17.9 Å². The Morgan fingerprint density at radius 1 is 1.26 bits per heavy atom.